The number of thiazole rings is 1. The Bertz CT molecular complexity index is 1220. The molecule has 160 valence electrons. The summed E-state index contributed by atoms with van der Waals surface area (Å²) in [5, 5.41) is 9.49. The minimum Gasteiger partial charge on any atom is -0.463 e. The van der Waals surface area contributed by atoms with Crippen LogP contribution < -0.4 is 10.1 Å². The zero-order chi connectivity index (χ0) is 21.5. The Balaban J connectivity index is 1.23. The first-order valence-corrected chi connectivity index (χ1v) is 11.5. The van der Waals surface area contributed by atoms with Gasteiger partial charge < -0.3 is 10.1 Å². The minimum absolute atomic E-state index is 0.302. The molecule has 2 unspecified atom stereocenters. The lowest BCUT2D eigenvalue weighted by Gasteiger charge is -2.11. The second-order valence-corrected chi connectivity index (χ2v) is 9.56. The maximum Gasteiger partial charge on any atom is 0.319 e. The Morgan fingerprint density at radius 1 is 1.23 bits per heavy atom. The Labute approximate surface area is 189 Å². The molecule has 31 heavy (non-hydrogen) atoms. The van der Waals surface area contributed by atoms with E-state index in [9.17, 15) is 0 Å². The number of aryl methyl sites for hydroxylation is 2. The lowest BCUT2D eigenvalue weighted by molar-refractivity contribution is 0.274. The van der Waals surface area contributed by atoms with E-state index >= 15 is 0 Å². The van der Waals surface area contributed by atoms with Crippen LogP contribution in [0.3, 0.4) is 0 Å². The summed E-state index contributed by atoms with van der Waals surface area (Å²) >= 11 is 8.02. The molecule has 1 aliphatic carbocycles. The highest BCUT2D eigenvalue weighted by atomic mass is 35.5. The quantitative estimate of drug-likeness (QED) is 0.398. The van der Waals surface area contributed by atoms with Crippen molar-refractivity contribution in [1.29, 1.82) is 0 Å². The first-order chi connectivity index (χ1) is 15.0. The summed E-state index contributed by atoms with van der Waals surface area (Å²) in [6.07, 6.45) is 3.02. The van der Waals surface area contributed by atoms with Gasteiger partial charge in [-0.1, -0.05) is 17.7 Å². The van der Waals surface area contributed by atoms with Gasteiger partial charge in [0.1, 0.15) is 11.0 Å². The molecule has 5 rings (SSSR count). The van der Waals surface area contributed by atoms with Gasteiger partial charge in [0.25, 0.3) is 0 Å². The molecule has 0 spiro atoms. The molecule has 1 aliphatic rings. The minimum atomic E-state index is 0.302. The van der Waals surface area contributed by atoms with E-state index in [1.807, 2.05) is 43.6 Å². The molecule has 4 aromatic rings. The average molecular weight is 455 g/mol. The van der Waals surface area contributed by atoms with Crippen LogP contribution >= 0.6 is 22.9 Å². The molecule has 0 aliphatic heterocycles. The van der Waals surface area contributed by atoms with Crippen molar-refractivity contribution in [3.05, 3.63) is 62.5 Å². The number of hydrogen-bond acceptors (Lipinski definition) is 7. The van der Waals surface area contributed by atoms with Crippen molar-refractivity contribution in [3.8, 4) is 6.01 Å². The zero-order valence-corrected chi connectivity index (χ0v) is 19.2. The van der Waals surface area contributed by atoms with E-state index < -0.39 is 0 Å². The van der Waals surface area contributed by atoms with Gasteiger partial charge in [0, 0.05) is 28.5 Å². The van der Waals surface area contributed by atoms with E-state index in [2.05, 4.69) is 37.5 Å². The van der Waals surface area contributed by atoms with Crippen LogP contribution in [0.5, 0.6) is 6.01 Å². The predicted molar refractivity (Wildman–Crippen MR) is 122 cm³/mol. The number of ether oxygens (including phenoxy) is 1. The largest absolute Gasteiger partial charge is 0.463 e. The third-order valence-corrected chi connectivity index (χ3v) is 7.04. The highest BCUT2D eigenvalue weighted by Crippen LogP contribution is 2.47. The summed E-state index contributed by atoms with van der Waals surface area (Å²) in [5.74, 6) is 1.51. The van der Waals surface area contributed by atoms with E-state index in [0.717, 1.165) is 33.9 Å². The fraction of sp³-hybridized carbons (Fsp3) is 0.364. The summed E-state index contributed by atoms with van der Waals surface area (Å²) in [4.78, 5) is 14.5. The van der Waals surface area contributed by atoms with Crippen molar-refractivity contribution in [2.24, 2.45) is 5.92 Å². The molecule has 1 saturated carbocycles. The number of nitrogens with zero attached hydrogens (tertiary/aromatic N) is 5. The molecule has 2 atom stereocenters. The van der Waals surface area contributed by atoms with E-state index in [1.165, 1.54) is 4.88 Å². The van der Waals surface area contributed by atoms with E-state index in [0.29, 0.717) is 42.0 Å². The monoisotopic (exact) mass is 454 g/mol. The first kappa shape index (κ1) is 20.2. The van der Waals surface area contributed by atoms with E-state index in [4.69, 9.17) is 16.3 Å². The summed E-state index contributed by atoms with van der Waals surface area (Å²) in [6.45, 7) is 7.12. The molecule has 9 heteroatoms. The number of nitrogens with one attached hydrogen (secondary N) is 1. The van der Waals surface area contributed by atoms with Crippen molar-refractivity contribution in [3.63, 3.8) is 0 Å². The van der Waals surface area contributed by atoms with Crippen LogP contribution in [0.15, 0.2) is 30.5 Å². The molecule has 7 nitrogen and oxygen atoms in total. The Hall–Kier alpha value is -2.71. The molecular weight excluding hydrogens is 432 g/mol. The van der Waals surface area contributed by atoms with Crippen molar-refractivity contribution in [2.75, 3.05) is 11.9 Å². The maximum atomic E-state index is 6.34. The molecule has 0 radical (unpaired) electrons. The highest BCUT2D eigenvalue weighted by molar-refractivity contribution is 7.11. The fourth-order valence-corrected chi connectivity index (χ4v) is 4.76. The van der Waals surface area contributed by atoms with Gasteiger partial charge in [0.2, 0.25) is 0 Å². The van der Waals surface area contributed by atoms with Crippen molar-refractivity contribution >= 4 is 34.3 Å². The van der Waals surface area contributed by atoms with Gasteiger partial charge in [-0.3, -0.25) is 0 Å². The van der Waals surface area contributed by atoms with Gasteiger partial charge in [0.15, 0.2) is 0 Å². The smallest absolute Gasteiger partial charge is 0.319 e. The van der Waals surface area contributed by atoms with Crippen LogP contribution in [0.1, 0.15) is 39.2 Å². The topological polar surface area (TPSA) is 77.2 Å². The number of halogens is 1. The standard InChI is InChI=1S/C22H23ClN6OS/c1-12-20(23)26-22(27-21(12)24-10-19-13(2)25-14(3)31-19)30-11-15-8-17(15)18-9-16-6-4-5-7-29(16)28-18/h4-7,9,15,17H,8,10-11H2,1-3H3,(H,24,26,27). The number of hydrogen-bond donors (Lipinski definition) is 1. The lowest BCUT2D eigenvalue weighted by Crippen LogP contribution is -2.09. The van der Waals surface area contributed by atoms with Crippen LogP contribution in [0.2, 0.25) is 5.15 Å². The van der Waals surface area contributed by atoms with Gasteiger partial charge in [-0.15, -0.1) is 11.3 Å². The molecule has 1 N–H and O–H groups in total. The third-order valence-electron chi connectivity index (χ3n) is 5.60. The van der Waals surface area contributed by atoms with Crippen LogP contribution in [-0.2, 0) is 6.54 Å². The second-order valence-electron chi connectivity index (χ2n) is 7.92. The number of pyridine rings is 1. The first-order valence-electron chi connectivity index (χ1n) is 10.3. The van der Waals surface area contributed by atoms with Crippen molar-refractivity contribution in [1.82, 2.24) is 24.6 Å². The van der Waals surface area contributed by atoms with Gasteiger partial charge >= 0.3 is 6.01 Å². The number of rotatable bonds is 7. The number of anilines is 1. The van der Waals surface area contributed by atoms with Crippen LogP contribution in [0.4, 0.5) is 5.82 Å². The average Bonchev–Trinajstić information content (AvgIpc) is 3.27. The normalized spacial score (nSPS) is 17.8. The number of fused-ring (bicyclic) bond motifs is 1. The SMILES string of the molecule is Cc1nc(C)c(CNc2nc(OCC3CC3c3cc4ccccn4n3)nc(Cl)c2C)s1. The van der Waals surface area contributed by atoms with Gasteiger partial charge in [-0.25, -0.2) is 9.50 Å². The predicted octanol–water partition coefficient (Wildman–Crippen LogP) is 4.95. The Kier molecular flexibility index (Phi) is 5.27. The third kappa shape index (κ3) is 4.22. The molecular formula is C22H23ClN6OS. The molecule has 1 fully saturated rings. The summed E-state index contributed by atoms with van der Waals surface area (Å²) < 4.78 is 7.84. The van der Waals surface area contributed by atoms with Gasteiger partial charge in [-0.2, -0.15) is 15.1 Å². The van der Waals surface area contributed by atoms with E-state index in [-0.39, 0.29) is 0 Å². The van der Waals surface area contributed by atoms with Crippen molar-refractivity contribution < 1.29 is 4.74 Å². The Morgan fingerprint density at radius 2 is 2.10 bits per heavy atom. The van der Waals surface area contributed by atoms with Crippen LogP contribution in [-0.4, -0.2) is 31.2 Å². The summed E-state index contributed by atoms with van der Waals surface area (Å²) in [6, 6.07) is 8.52. The zero-order valence-electron chi connectivity index (χ0n) is 17.6. The number of aromatic nitrogens is 5. The lowest BCUT2D eigenvalue weighted by atomic mass is 10.2. The van der Waals surface area contributed by atoms with Gasteiger partial charge in [0.05, 0.1) is 35.1 Å². The molecule has 0 saturated heterocycles. The molecule has 0 aromatic carbocycles. The van der Waals surface area contributed by atoms with Gasteiger partial charge in [-0.05, 0) is 45.4 Å². The summed E-state index contributed by atoms with van der Waals surface area (Å²) in [5.41, 5.74) is 4.07. The Morgan fingerprint density at radius 3 is 2.87 bits per heavy atom. The highest BCUT2D eigenvalue weighted by Gasteiger charge is 2.41. The molecule has 0 bridgehead atoms. The van der Waals surface area contributed by atoms with Crippen LogP contribution in [0, 0.1) is 26.7 Å². The summed E-state index contributed by atoms with van der Waals surface area (Å²) in [7, 11) is 0. The fourth-order valence-electron chi connectivity index (χ4n) is 3.72. The maximum absolute atomic E-state index is 6.34. The molecule has 4 heterocycles. The van der Waals surface area contributed by atoms with E-state index in [1.54, 1.807) is 11.3 Å². The molecule has 4 aromatic heterocycles. The van der Waals surface area contributed by atoms with Crippen LogP contribution in [0.25, 0.3) is 5.52 Å². The second kappa shape index (κ2) is 8.09. The van der Waals surface area contributed by atoms with Crippen molar-refractivity contribution in [2.45, 2.75) is 39.7 Å². The molecule has 0 amide bonds.